The molecule has 0 saturated carbocycles. The molecule has 3 rings (SSSR count). The van der Waals surface area contributed by atoms with Crippen LogP contribution in [0.2, 0.25) is 0 Å². The van der Waals surface area contributed by atoms with Gasteiger partial charge in [0.25, 0.3) is 11.8 Å². The zero-order valence-corrected chi connectivity index (χ0v) is 14.7. The number of anilines is 1. The van der Waals surface area contributed by atoms with Gasteiger partial charge in [-0.2, -0.15) is 0 Å². The topological polar surface area (TPSA) is 58.6 Å². The maximum absolute atomic E-state index is 12.7. The number of para-hydroxylation sites is 1. The van der Waals surface area contributed by atoms with Crippen LogP contribution in [0.15, 0.2) is 40.2 Å². The number of ether oxygens (including phenoxy) is 1. The van der Waals surface area contributed by atoms with Crippen molar-refractivity contribution < 1.29 is 14.3 Å². The molecule has 0 atom stereocenters. The van der Waals surface area contributed by atoms with Gasteiger partial charge in [0.2, 0.25) is 0 Å². The summed E-state index contributed by atoms with van der Waals surface area (Å²) in [5, 5.41) is 2.83. The number of nitrogens with one attached hydrogen (secondary N) is 1. The van der Waals surface area contributed by atoms with Crippen molar-refractivity contribution in [3.8, 4) is 0 Å². The fourth-order valence-electron chi connectivity index (χ4n) is 2.34. The molecule has 1 saturated heterocycles. The van der Waals surface area contributed by atoms with Crippen LogP contribution in [0.5, 0.6) is 0 Å². The molecule has 1 aromatic heterocycles. The number of rotatable bonds is 3. The Labute approximate surface area is 146 Å². The Morgan fingerprint density at radius 1 is 1.13 bits per heavy atom. The van der Waals surface area contributed by atoms with Crippen molar-refractivity contribution in [3.63, 3.8) is 0 Å². The quantitative estimate of drug-likeness (QED) is 0.868. The third-order valence-electron chi connectivity index (χ3n) is 3.50. The van der Waals surface area contributed by atoms with Crippen LogP contribution in [0.3, 0.4) is 0 Å². The maximum Gasteiger partial charge on any atom is 0.265 e. The van der Waals surface area contributed by atoms with Crippen molar-refractivity contribution in [1.29, 1.82) is 0 Å². The molecular formula is C16H15BrN2O3S. The van der Waals surface area contributed by atoms with Gasteiger partial charge in [-0.15, -0.1) is 11.3 Å². The largest absolute Gasteiger partial charge is 0.378 e. The molecule has 2 heterocycles. The van der Waals surface area contributed by atoms with E-state index in [9.17, 15) is 9.59 Å². The van der Waals surface area contributed by atoms with Crippen LogP contribution >= 0.6 is 27.3 Å². The van der Waals surface area contributed by atoms with Gasteiger partial charge in [0.1, 0.15) is 0 Å². The lowest BCUT2D eigenvalue weighted by molar-refractivity contribution is 0.0303. The molecule has 0 unspecified atom stereocenters. The molecule has 0 bridgehead atoms. The number of halogens is 1. The molecule has 2 amide bonds. The Hall–Kier alpha value is -1.70. The summed E-state index contributed by atoms with van der Waals surface area (Å²) in [6, 6.07) is 10.6. The molecule has 120 valence electrons. The summed E-state index contributed by atoms with van der Waals surface area (Å²) in [7, 11) is 0. The summed E-state index contributed by atoms with van der Waals surface area (Å²) in [4.78, 5) is 27.3. The number of amides is 2. The van der Waals surface area contributed by atoms with Crippen molar-refractivity contribution in [2.45, 2.75) is 0 Å². The van der Waals surface area contributed by atoms with Crippen LogP contribution in [-0.4, -0.2) is 43.0 Å². The lowest BCUT2D eigenvalue weighted by Crippen LogP contribution is -2.41. The number of hydrogen-bond acceptors (Lipinski definition) is 4. The van der Waals surface area contributed by atoms with Gasteiger partial charge in [-0.25, -0.2) is 0 Å². The first-order valence-electron chi connectivity index (χ1n) is 7.18. The summed E-state index contributed by atoms with van der Waals surface area (Å²) in [5.74, 6) is -0.306. The van der Waals surface area contributed by atoms with Gasteiger partial charge >= 0.3 is 0 Å². The highest BCUT2D eigenvalue weighted by Crippen LogP contribution is 2.24. The zero-order chi connectivity index (χ0) is 16.2. The average Bonchev–Trinajstić information content (AvgIpc) is 3.02. The van der Waals surface area contributed by atoms with E-state index in [1.54, 1.807) is 35.2 Å². The predicted molar refractivity (Wildman–Crippen MR) is 93.1 cm³/mol. The average molecular weight is 395 g/mol. The van der Waals surface area contributed by atoms with E-state index in [1.807, 2.05) is 6.07 Å². The van der Waals surface area contributed by atoms with Crippen LogP contribution in [0.4, 0.5) is 5.69 Å². The number of morpholine rings is 1. The van der Waals surface area contributed by atoms with E-state index in [-0.39, 0.29) is 11.8 Å². The Morgan fingerprint density at radius 2 is 1.87 bits per heavy atom. The fourth-order valence-corrected chi connectivity index (χ4v) is 3.62. The van der Waals surface area contributed by atoms with E-state index in [2.05, 4.69) is 21.2 Å². The highest BCUT2D eigenvalue weighted by Gasteiger charge is 2.21. The standard InChI is InChI=1S/C16H15BrN2O3S/c17-14-6-5-13(23-14)15(20)18-12-4-2-1-3-11(12)16(21)19-7-9-22-10-8-19/h1-6H,7-10H2,(H,18,20). The molecule has 0 radical (unpaired) electrons. The van der Waals surface area contributed by atoms with Gasteiger partial charge < -0.3 is 15.0 Å². The first kappa shape index (κ1) is 16.2. The molecule has 0 aliphatic carbocycles. The first-order valence-corrected chi connectivity index (χ1v) is 8.79. The highest BCUT2D eigenvalue weighted by atomic mass is 79.9. The molecule has 1 N–H and O–H groups in total. The van der Waals surface area contributed by atoms with Crippen LogP contribution in [0.25, 0.3) is 0 Å². The molecule has 7 heteroatoms. The van der Waals surface area contributed by atoms with E-state index in [0.717, 1.165) is 3.79 Å². The van der Waals surface area contributed by atoms with Crippen molar-refractivity contribution in [2.24, 2.45) is 0 Å². The lowest BCUT2D eigenvalue weighted by atomic mass is 10.1. The maximum atomic E-state index is 12.7. The second kappa shape index (κ2) is 7.25. The van der Waals surface area contributed by atoms with Crippen LogP contribution in [0, 0.1) is 0 Å². The number of thiophene rings is 1. The summed E-state index contributed by atoms with van der Waals surface area (Å²) in [6.45, 7) is 2.23. The minimum absolute atomic E-state index is 0.0865. The van der Waals surface area contributed by atoms with Crippen LogP contribution < -0.4 is 5.32 Å². The van der Waals surface area contributed by atoms with Gasteiger partial charge in [-0.1, -0.05) is 12.1 Å². The number of nitrogens with zero attached hydrogens (tertiary/aromatic N) is 1. The number of hydrogen-bond donors (Lipinski definition) is 1. The van der Waals surface area contributed by atoms with Crippen LogP contribution in [-0.2, 0) is 4.74 Å². The van der Waals surface area contributed by atoms with Gasteiger partial charge in [0, 0.05) is 13.1 Å². The molecule has 23 heavy (non-hydrogen) atoms. The molecule has 1 aliphatic heterocycles. The Morgan fingerprint density at radius 3 is 2.57 bits per heavy atom. The summed E-state index contributed by atoms with van der Waals surface area (Å²) in [6.07, 6.45) is 0. The monoisotopic (exact) mass is 394 g/mol. The zero-order valence-electron chi connectivity index (χ0n) is 12.3. The van der Waals surface area contributed by atoms with Crippen LogP contribution in [0.1, 0.15) is 20.0 Å². The SMILES string of the molecule is O=C(Nc1ccccc1C(=O)N1CCOCC1)c1ccc(Br)s1. The van der Waals surface area contributed by atoms with E-state index in [0.29, 0.717) is 42.4 Å². The Kier molecular flexibility index (Phi) is 5.09. The van der Waals surface area contributed by atoms with Crippen molar-refractivity contribution in [1.82, 2.24) is 4.90 Å². The Bertz CT molecular complexity index is 726. The number of carbonyl (C=O) groups is 2. The smallest absolute Gasteiger partial charge is 0.265 e. The minimum atomic E-state index is -0.220. The van der Waals surface area contributed by atoms with E-state index in [1.165, 1.54) is 11.3 Å². The minimum Gasteiger partial charge on any atom is -0.378 e. The van der Waals surface area contributed by atoms with Crippen molar-refractivity contribution >= 4 is 44.8 Å². The fraction of sp³-hybridized carbons (Fsp3) is 0.250. The molecule has 1 aromatic carbocycles. The van der Waals surface area contributed by atoms with Gasteiger partial charge in [0.15, 0.2) is 0 Å². The normalized spacial score (nSPS) is 14.6. The highest BCUT2D eigenvalue weighted by molar-refractivity contribution is 9.11. The molecule has 0 spiro atoms. The molecule has 1 aliphatic rings. The van der Waals surface area contributed by atoms with Gasteiger partial charge in [-0.05, 0) is 40.2 Å². The molecule has 2 aromatic rings. The second-order valence-electron chi connectivity index (χ2n) is 5.01. The van der Waals surface area contributed by atoms with Crippen molar-refractivity contribution in [2.75, 3.05) is 31.6 Å². The summed E-state index contributed by atoms with van der Waals surface area (Å²) < 4.78 is 6.16. The second-order valence-corrected chi connectivity index (χ2v) is 7.47. The van der Waals surface area contributed by atoms with Gasteiger partial charge in [-0.3, -0.25) is 9.59 Å². The van der Waals surface area contributed by atoms with E-state index >= 15 is 0 Å². The first-order chi connectivity index (χ1) is 11.1. The predicted octanol–water partition coefficient (Wildman–Crippen LogP) is 3.24. The summed E-state index contributed by atoms with van der Waals surface area (Å²) in [5.41, 5.74) is 1.02. The third-order valence-corrected chi connectivity index (χ3v) is 5.12. The molecule has 5 nitrogen and oxygen atoms in total. The van der Waals surface area contributed by atoms with Gasteiger partial charge in [0.05, 0.1) is 33.1 Å². The third kappa shape index (κ3) is 3.80. The molecular weight excluding hydrogens is 380 g/mol. The molecule has 1 fully saturated rings. The lowest BCUT2D eigenvalue weighted by Gasteiger charge is -2.27. The van der Waals surface area contributed by atoms with E-state index in [4.69, 9.17) is 4.74 Å². The van der Waals surface area contributed by atoms with Crippen molar-refractivity contribution in [3.05, 3.63) is 50.6 Å². The summed E-state index contributed by atoms with van der Waals surface area (Å²) >= 11 is 4.69. The van der Waals surface area contributed by atoms with E-state index < -0.39 is 0 Å². The Balaban J connectivity index is 1.80. The number of benzene rings is 1. The number of carbonyl (C=O) groups excluding carboxylic acids is 2.